The molecule has 0 amide bonds. The van der Waals surface area contributed by atoms with Crippen LogP contribution in [-0.2, 0) is 13.3 Å². The van der Waals surface area contributed by atoms with Crippen molar-refractivity contribution in [2.75, 3.05) is 47.5 Å². The summed E-state index contributed by atoms with van der Waals surface area (Å²) in [6.45, 7) is 7.05. The molecule has 0 aromatic rings. The Labute approximate surface area is 113 Å². The van der Waals surface area contributed by atoms with Gasteiger partial charge in [0.15, 0.2) is 0 Å². The van der Waals surface area contributed by atoms with E-state index in [1.54, 1.807) is 21.3 Å². The van der Waals surface area contributed by atoms with Gasteiger partial charge in [-0.1, -0.05) is 0 Å². The van der Waals surface area contributed by atoms with Crippen molar-refractivity contribution in [1.29, 1.82) is 0 Å². The largest absolute Gasteiger partial charge is 1.00 e. The van der Waals surface area contributed by atoms with Gasteiger partial charge in [-0.2, -0.15) is 0 Å². The highest BCUT2D eigenvalue weighted by Crippen LogP contribution is 2.47. The molecule has 3 nitrogen and oxygen atoms in total. The monoisotopic (exact) mass is 366 g/mol. The molecule has 0 saturated carbocycles. The fourth-order valence-corrected chi connectivity index (χ4v) is 4.45. The molecule has 0 N–H and O–H groups in total. The van der Waals surface area contributed by atoms with Gasteiger partial charge in [-0.05, 0) is 6.42 Å². The first-order chi connectivity index (χ1) is 6.39. The van der Waals surface area contributed by atoms with Crippen LogP contribution in [0.25, 0.3) is 0 Å². The van der Waals surface area contributed by atoms with Gasteiger partial charge in [0.05, 0.1) is 6.16 Å². The van der Waals surface area contributed by atoms with Gasteiger partial charge in [-0.15, -0.1) is 0 Å². The van der Waals surface area contributed by atoms with E-state index in [9.17, 15) is 0 Å². The van der Waals surface area contributed by atoms with Gasteiger partial charge in [0, 0.05) is 54.6 Å². The van der Waals surface area contributed by atoms with Crippen molar-refractivity contribution >= 4 is 16.1 Å². The zero-order valence-corrected chi connectivity index (χ0v) is 14.7. The first-order valence-corrected chi connectivity index (χ1v) is 10.1. The average Bonchev–Trinajstić information content (AvgIpc) is 2.11. The van der Waals surface area contributed by atoms with Crippen LogP contribution in [0.2, 0.25) is 6.04 Å². The Hall–Kier alpha value is 1.26. The Balaban J connectivity index is 0. The standard InChI is InChI=1S/C9H24O3PSi.HI/c1-10-14(11-2,12-3)9-7-8-13(4,5)6;/h7-9H2,1-6H3;1H/q+1;/p-1. The van der Waals surface area contributed by atoms with Crippen LogP contribution in [0.4, 0.5) is 0 Å². The lowest BCUT2D eigenvalue weighted by molar-refractivity contribution is -0.00000796. The smallest absolute Gasteiger partial charge is 0.500 e. The summed E-state index contributed by atoms with van der Waals surface area (Å²) >= 11 is 0. The van der Waals surface area contributed by atoms with Crippen LogP contribution in [0.1, 0.15) is 6.42 Å². The highest BCUT2D eigenvalue weighted by Gasteiger charge is 2.37. The maximum atomic E-state index is 5.36. The Kier molecular flexibility index (Phi) is 10.4. The van der Waals surface area contributed by atoms with Gasteiger partial charge in [-0.3, -0.25) is 0 Å². The van der Waals surface area contributed by atoms with Gasteiger partial charge < -0.3 is 37.3 Å². The zero-order chi connectivity index (χ0) is 11.2. The average molecular weight is 366 g/mol. The molecule has 0 heterocycles. The summed E-state index contributed by atoms with van der Waals surface area (Å²) in [5.41, 5.74) is 0. The second kappa shape index (κ2) is 8.36. The van der Waals surface area contributed by atoms with Gasteiger partial charge in [0.25, 0.3) is 0 Å². The van der Waals surface area contributed by atoms with E-state index < -0.39 is 16.1 Å². The molecule has 0 aliphatic rings. The molecule has 0 radical (unpaired) electrons. The van der Waals surface area contributed by atoms with Crippen molar-refractivity contribution in [2.24, 2.45) is 0 Å². The second-order valence-corrected chi connectivity index (χ2v) is 12.5. The summed E-state index contributed by atoms with van der Waals surface area (Å²) < 4.78 is 16.1. The Morgan fingerprint density at radius 1 is 0.933 bits per heavy atom. The van der Waals surface area contributed by atoms with E-state index in [1.165, 1.54) is 6.16 Å². The van der Waals surface area contributed by atoms with Crippen molar-refractivity contribution in [3.8, 4) is 0 Å². The van der Waals surface area contributed by atoms with Crippen LogP contribution >= 0.6 is 7.26 Å². The number of halogens is 1. The zero-order valence-electron chi connectivity index (χ0n) is 10.7. The van der Waals surface area contributed by atoms with Crippen LogP contribution in [0.5, 0.6) is 0 Å². The predicted octanol–water partition coefficient (Wildman–Crippen LogP) is -0.834. The molecule has 94 valence electrons. The third kappa shape index (κ3) is 8.04. The van der Waals surface area contributed by atoms with Crippen LogP contribution < -0.4 is 24.0 Å². The lowest BCUT2D eigenvalue weighted by atomic mass is 10.6. The molecule has 0 atom stereocenters. The summed E-state index contributed by atoms with van der Waals surface area (Å²) in [7, 11) is 2.04. The highest BCUT2D eigenvalue weighted by atomic mass is 127. The van der Waals surface area contributed by atoms with E-state index in [1.807, 2.05) is 0 Å². The lowest BCUT2D eigenvalue weighted by Crippen LogP contribution is -3.00. The molecule has 0 saturated heterocycles. The van der Waals surface area contributed by atoms with E-state index in [4.69, 9.17) is 13.3 Å². The Bertz CT molecular complexity index is 152. The molecule has 0 aliphatic heterocycles. The molecule has 15 heavy (non-hydrogen) atoms. The summed E-state index contributed by atoms with van der Waals surface area (Å²) in [5.74, 6) is 0. The van der Waals surface area contributed by atoms with E-state index in [-0.39, 0.29) is 24.0 Å². The summed E-state index contributed by atoms with van der Waals surface area (Å²) in [4.78, 5) is 0. The van der Waals surface area contributed by atoms with E-state index >= 15 is 0 Å². The maximum Gasteiger partial charge on any atom is 0.500 e. The fraction of sp³-hybridized carbons (Fsp3) is 1.00. The molecular weight excluding hydrogens is 342 g/mol. The summed E-state index contributed by atoms with van der Waals surface area (Å²) in [6, 6.07) is 0.924. The van der Waals surface area contributed by atoms with E-state index in [2.05, 4.69) is 20.0 Å². The Morgan fingerprint density at radius 2 is 1.33 bits per heavy atom. The maximum absolute atomic E-state index is 5.36. The molecule has 0 bridgehead atoms. The van der Waals surface area contributed by atoms with E-state index in [0.29, 0.717) is 0 Å². The van der Waals surface area contributed by atoms with E-state index in [0.717, 1.165) is 12.5 Å². The van der Waals surface area contributed by atoms with Crippen LogP contribution in [0, 0.1) is 0 Å². The van der Waals surface area contributed by atoms with Crippen molar-refractivity contribution in [1.82, 2.24) is 0 Å². The normalized spacial score (nSPS) is 12.4. The molecule has 0 aliphatic carbocycles. The fourth-order valence-electron chi connectivity index (χ4n) is 1.33. The van der Waals surface area contributed by atoms with Gasteiger partial charge in [-0.25, -0.2) is 0 Å². The number of hydrogen-bond donors (Lipinski definition) is 0. The van der Waals surface area contributed by atoms with Crippen molar-refractivity contribution in [2.45, 2.75) is 12.5 Å². The quantitative estimate of drug-likeness (QED) is 0.334. The Morgan fingerprint density at radius 3 is 1.60 bits per heavy atom. The lowest BCUT2D eigenvalue weighted by Gasteiger charge is -2.24. The molecule has 0 rings (SSSR count). The minimum Gasteiger partial charge on any atom is -1.00 e. The molecule has 0 aromatic carbocycles. The molecule has 0 aromatic heterocycles. The van der Waals surface area contributed by atoms with Crippen LogP contribution in [-0.4, -0.2) is 56.3 Å². The summed E-state index contributed by atoms with van der Waals surface area (Å²) in [5, 5.41) is 0. The van der Waals surface area contributed by atoms with Crippen molar-refractivity contribution in [3.05, 3.63) is 0 Å². The minimum atomic E-state index is -2.30. The SMILES string of the molecule is CO[Si](CCC[P+](C)(C)C)(OC)OC.[I-]. The molecule has 0 unspecified atom stereocenters. The molecule has 0 spiro atoms. The topological polar surface area (TPSA) is 27.7 Å². The van der Waals surface area contributed by atoms with Gasteiger partial charge in [0.2, 0.25) is 0 Å². The van der Waals surface area contributed by atoms with Crippen LogP contribution in [0.3, 0.4) is 0 Å². The van der Waals surface area contributed by atoms with Crippen molar-refractivity contribution < 1.29 is 37.3 Å². The number of rotatable bonds is 7. The minimum absolute atomic E-state index is 0. The highest BCUT2D eigenvalue weighted by molar-refractivity contribution is 7.73. The second-order valence-electron chi connectivity index (χ2n) is 4.41. The summed E-state index contributed by atoms with van der Waals surface area (Å²) in [6.07, 6.45) is 2.41. The third-order valence-corrected chi connectivity index (χ3v) is 6.73. The van der Waals surface area contributed by atoms with Crippen LogP contribution in [0.15, 0.2) is 0 Å². The number of hydrogen-bond acceptors (Lipinski definition) is 3. The molecular formula is C9H24IO3PSi. The molecule has 0 fully saturated rings. The first-order valence-electron chi connectivity index (χ1n) is 4.85. The van der Waals surface area contributed by atoms with Gasteiger partial charge >= 0.3 is 8.80 Å². The third-order valence-electron chi connectivity index (χ3n) is 2.24. The van der Waals surface area contributed by atoms with Gasteiger partial charge in [0.1, 0.15) is 0 Å². The predicted molar refractivity (Wildman–Crippen MR) is 65.8 cm³/mol. The molecule has 6 heteroatoms. The van der Waals surface area contributed by atoms with Crippen molar-refractivity contribution in [3.63, 3.8) is 0 Å². The first kappa shape index (κ1) is 18.6.